The number of ether oxygens (including phenoxy) is 1. The fraction of sp³-hybridized carbons (Fsp3) is 0.143. The van der Waals surface area contributed by atoms with Crippen LogP contribution >= 0.6 is 11.3 Å². The Bertz CT molecular complexity index is 1130. The lowest BCUT2D eigenvalue weighted by Crippen LogP contribution is -2.34. The van der Waals surface area contributed by atoms with E-state index in [1.54, 1.807) is 48.5 Å². The Morgan fingerprint density at radius 1 is 0.935 bits per heavy atom. The van der Waals surface area contributed by atoms with Gasteiger partial charge < -0.3 is 15.4 Å². The van der Waals surface area contributed by atoms with E-state index in [0.29, 0.717) is 21.9 Å². The number of benzene rings is 2. The Labute approximate surface area is 184 Å². The maximum absolute atomic E-state index is 12.3. The molecule has 162 valence electrons. The zero-order valence-electron chi connectivity index (χ0n) is 16.6. The summed E-state index contributed by atoms with van der Waals surface area (Å²) in [6.07, 6.45) is 0. The smallest absolute Gasteiger partial charge is 0.265 e. The second-order valence-corrected chi connectivity index (χ2v) is 9.05. The number of thiophene rings is 1. The van der Waals surface area contributed by atoms with E-state index in [1.165, 1.54) is 30.6 Å². The van der Waals surface area contributed by atoms with Crippen LogP contribution in [-0.4, -0.2) is 40.4 Å². The molecule has 1 heterocycles. The van der Waals surface area contributed by atoms with Crippen LogP contribution in [0.4, 0.5) is 5.69 Å². The molecule has 0 aliphatic heterocycles. The molecule has 8 nitrogen and oxygen atoms in total. The van der Waals surface area contributed by atoms with E-state index in [-0.39, 0.29) is 29.8 Å². The van der Waals surface area contributed by atoms with E-state index in [9.17, 15) is 18.0 Å². The lowest BCUT2D eigenvalue weighted by atomic mass is 10.2. The molecule has 0 radical (unpaired) electrons. The van der Waals surface area contributed by atoms with Gasteiger partial charge >= 0.3 is 0 Å². The Hall–Kier alpha value is -3.21. The topological polar surface area (TPSA) is 114 Å². The average molecular weight is 460 g/mol. The summed E-state index contributed by atoms with van der Waals surface area (Å²) < 4.78 is 32.0. The van der Waals surface area contributed by atoms with Crippen LogP contribution in [0.15, 0.2) is 70.9 Å². The molecule has 0 aliphatic carbocycles. The summed E-state index contributed by atoms with van der Waals surface area (Å²) in [5.74, 6) is -0.000515. The third-order valence-corrected chi connectivity index (χ3v) is 6.57. The summed E-state index contributed by atoms with van der Waals surface area (Å²) in [5.41, 5.74) is 0.967. The van der Waals surface area contributed by atoms with Crippen molar-refractivity contribution in [3.63, 3.8) is 0 Å². The fourth-order valence-electron chi connectivity index (χ4n) is 2.61. The molecule has 3 N–H and O–H groups in total. The van der Waals surface area contributed by atoms with Gasteiger partial charge in [-0.15, -0.1) is 11.3 Å². The summed E-state index contributed by atoms with van der Waals surface area (Å²) in [6, 6.07) is 16.0. The maximum Gasteiger partial charge on any atom is 0.265 e. The number of sulfonamides is 1. The zero-order chi connectivity index (χ0) is 22.3. The van der Waals surface area contributed by atoms with Gasteiger partial charge in [0.2, 0.25) is 10.0 Å². The first-order chi connectivity index (χ1) is 14.9. The van der Waals surface area contributed by atoms with Crippen molar-refractivity contribution < 1.29 is 22.7 Å². The molecule has 1 aromatic heterocycles. The SMILES string of the molecule is COc1ccc(S(=O)(=O)NCCNC(=O)c2ccc(NC(=O)c3cccs3)cc2)cc1. The molecule has 0 bridgehead atoms. The lowest BCUT2D eigenvalue weighted by Gasteiger charge is -2.09. The van der Waals surface area contributed by atoms with Crippen LogP contribution in [0.2, 0.25) is 0 Å². The normalized spacial score (nSPS) is 11.0. The van der Waals surface area contributed by atoms with Crippen LogP contribution in [0.25, 0.3) is 0 Å². The van der Waals surface area contributed by atoms with Crippen LogP contribution in [-0.2, 0) is 10.0 Å². The van der Waals surface area contributed by atoms with Crippen molar-refractivity contribution in [2.45, 2.75) is 4.90 Å². The number of carbonyl (C=O) groups is 2. The Morgan fingerprint density at radius 3 is 2.26 bits per heavy atom. The lowest BCUT2D eigenvalue weighted by molar-refractivity contribution is 0.0953. The van der Waals surface area contributed by atoms with Gasteiger partial charge in [-0.2, -0.15) is 0 Å². The second kappa shape index (κ2) is 10.2. The molecule has 0 aliphatic rings. The molecule has 0 atom stereocenters. The third kappa shape index (κ3) is 6.14. The van der Waals surface area contributed by atoms with Crippen LogP contribution in [0.3, 0.4) is 0 Å². The molecule has 0 saturated carbocycles. The molecule has 10 heteroatoms. The number of carbonyl (C=O) groups excluding carboxylic acids is 2. The van der Waals surface area contributed by atoms with Gasteiger partial charge in [0.25, 0.3) is 11.8 Å². The number of methoxy groups -OCH3 is 1. The fourth-order valence-corrected chi connectivity index (χ4v) is 4.26. The number of rotatable bonds is 9. The van der Waals surface area contributed by atoms with Crippen molar-refractivity contribution in [1.29, 1.82) is 0 Å². The highest BCUT2D eigenvalue weighted by molar-refractivity contribution is 7.89. The van der Waals surface area contributed by atoms with Crippen molar-refractivity contribution in [3.8, 4) is 5.75 Å². The van der Waals surface area contributed by atoms with E-state index in [4.69, 9.17) is 4.74 Å². The van der Waals surface area contributed by atoms with Gasteiger partial charge in [0.05, 0.1) is 16.9 Å². The van der Waals surface area contributed by atoms with Crippen molar-refractivity contribution in [1.82, 2.24) is 10.0 Å². The predicted molar refractivity (Wildman–Crippen MR) is 119 cm³/mol. The van der Waals surface area contributed by atoms with Gasteiger partial charge in [0, 0.05) is 24.3 Å². The van der Waals surface area contributed by atoms with Crippen molar-refractivity contribution in [2.24, 2.45) is 0 Å². The van der Waals surface area contributed by atoms with E-state index in [0.717, 1.165) is 0 Å². The molecular formula is C21H21N3O5S2. The maximum atomic E-state index is 12.3. The molecule has 31 heavy (non-hydrogen) atoms. The first-order valence-electron chi connectivity index (χ1n) is 9.26. The van der Waals surface area contributed by atoms with Gasteiger partial charge in [-0.05, 0) is 60.0 Å². The first-order valence-corrected chi connectivity index (χ1v) is 11.6. The Balaban J connectivity index is 1.46. The summed E-state index contributed by atoms with van der Waals surface area (Å²) in [5, 5.41) is 7.23. The first kappa shape index (κ1) is 22.5. The van der Waals surface area contributed by atoms with Gasteiger partial charge in [-0.25, -0.2) is 13.1 Å². The standard InChI is InChI=1S/C21H21N3O5S2/c1-29-17-8-10-18(11-9-17)31(27,28)23-13-12-22-20(25)15-4-6-16(7-5-15)24-21(26)19-3-2-14-30-19/h2-11,14,23H,12-13H2,1H3,(H,22,25)(H,24,26). The van der Waals surface area contributed by atoms with Gasteiger partial charge in [0.15, 0.2) is 0 Å². The number of nitrogens with one attached hydrogen (secondary N) is 3. The van der Waals surface area contributed by atoms with Gasteiger partial charge in [0.1, 0.15) is 5.75 Å². The van der Waals surface area contributed by atoms with E-state index < -0.39 is 10.0 Å². The minimum atomic E-state index is -3.68. The Kier molecular flexibility index (Phi) is 7.40. The molecule has 2 aromatic carbocycles. The van der Waals surface area contributed by atoms with Crippen LogP contribution in [0.1, 0.15) is 20.0 Å². The number of anilines is 1. The van der Waals surface area contributed by atoms with Crippen LogP contribution < -0.4 is 20.1 Å². The van der Waals surface area contributed by atoms with Gasteiger partial charge in [-0.3, -0.25) is 9.59 Å². The highest BCUT2D eigenvalue weighted by atomic mass is 32.2. The van der Waals surface area contributed by atoms with Crippen molar-refractivity contribution in [2.75, 3.05) is 25.5 Å². The largest absolute Gasteiger partial charge is 0.497 e. The molecule has 0 saturated heterocycles. The predicted octanol–water partition coefficient (Wildman–Crippen LogP) is 2.72. The summed E-state index contributed by atoms with van der Waals surface area (Å²) >= 11 is 1.34. The number of hydrogen-bond acceptors (Lipinski definition) is 6. The molecule has 3 aromatic rings. The highest BCUT2D eigenvalue weighted by Gasteiger charge is 2.14. The molecule has 0 spiro atoms. The minimum absolute atomic E-state index is 0.0368. The zero-order valence-corrected chi connectivity index (χ0v) is 18.3. The molecule has 3 rings (SSSR count). The average Bonchev–Trinajstić information content (AvgIpc) is 3.32. The van der Waals surface area contributed by atoms with E-state index >= 15 is 0 Å². The van der Waals surface area contributed by atoms with Gasteiger partial charge in [-0.1, -0.05) is 6.07 Å². The molecule has 0 unspecified atom stereocenters. The summed E-state index contributed by atoms with van der Waals surface area (Å²) in [4.78, 5) is 25.0. The van der Waals surface area contributed by atoms with E-state index in [2.05, 4.69) is 15.4 Å². The van der Waals surface area contributed by atoms with Crippen LogP contribution in [0.5, 0.6) is 5.75 Å². The minimum Gasteiger partial charge on any atom is -0.497 e. The third-order valence-electron chi connectivity index (χ3n) is 4.22. The van der Waals surface area contributed by atoms with Crippen molar-refractivity contribution in [3.05, 3.63) is 76.5 Å². The number of amides is 2. The van der Waals surface area contributed by atoms with E-state index in [1.807, 2.05) is 5.38 Å². The highest BCUT2D eigenvalue weighted by Crippen LogP contribution is 2.16. The summed E-state index contributed by atoms with van der Waals surface area (Å²) in [7, 11) is -2.18. The monoisotopic (exact) mass is 459 g/mol. The molecule has 0 fully saturated rings. The second-order valence-electron chi connectivity index (χ2n) is 6.34. The Morgan fingerprint density at radius 2 is 1.65 bits per heavy atom. The quantitative estimate of drug-likeness (QED) is 0.426. The molecule has 2 amide bonds. The van der Waals surface area contributed by atoms with Crippen molar-refractivity contribution >= 4 is 38.9 Å². The summed E-state index contributed by atoms with van der Waals surface area (Å²) in [6.45, 7) is 0.153. The molecular weight excluding hydrogens is 438 g/mol. The number of hydrogen-bond donors (Lipinski definition) is 3. The van der Waals surface area contributed by atoms with Crippen LogP contribution in [0, 0.1) is 0 Å².